The quantitative estimate of drug-likeness (QED) is 0.843. The second kappa shape index (κ2) is 8.18. The minimum atomic E-state index is -0.336. The van der Waals surface area contributed by atoms with Crippen LogP contribution in [0.1, 0.15) is 63.4 Å². The van der Waals surface area contributed by atoms with Crippen LogP contribution >= 0.6 is 0 Å². The Kier molecular flexibility index (Phi) is 6.24. The molecular formula is C18H28N2O. The number of hydrogen-bond donors (Lipinski definition) is 2. The van der Waals surface area contributed by atoms with Crippen LogP contribution in [0.2, 0.25) is 0 Å². The first kappa shape index (κ1) is 16.0. The lowest BCUT2D eigenvalue weighted by Gasteiger charge is -2.30. The second-order valence-electron chi connectivity index (χ2n) is 6.22. The van der Waals surface area contributed by atoms with Gasteiger partial charge >= 0.3 is 0 Å². The molecule has 21 heavy (non-hydrogen) atoms. The van der Waals surface area contributed by atoms with Crippen LogP contribution < -0.4 is 11.1 Å². The van der Waals surface area contributed by atoms with Crippen LogP contribution in [0.5, 0.6) is 0 Å². The molecule has 1 aromatic rings. The molecule has 3 heteroatoms. The first-order chi connectivity index (χ1) is 10.2. The number of carbonyl (C=O) groups excluding carboxylic acids is 1. The molecule has 1 atom stereocenters. The lowest BCUT2D eigenvalue weighted by atomic mass is 9.81. The van der Waals surface area contributed by atoms with E-state index in [1.54, 1.807) is 0 Å². The van der Waals surface area contributed by atoms with Gasteiger partial charge in [-0.2, -0.15) is 0 Å². The molecule has 0 aromatic heterocycles. The number of hydrogen-bond acceptors (Lipinski definition) is 2. The Morgan fingerprint density at radius 1 is 1.24 bits per heavy atom. The van der Waals surface area contributed by atoms with Gasteiger partial charge < -0.3 is 11.1 Å². The van der Waals surface area contributed by atoms with Gasteiger partial charge in [-0.3, -0.25) is 4.79 Å². The molecule has 0 spiro atoms. The maximum absolute atomic E-state index is 12.0. The average molecular weight is 288 g/mol. The van der Waals surface area contributed by atoms with Gasteiger partial charge in [0.05, 0.1) is 6.04 Å². The molecule has 0 unspecified atom stereocenters. The SMILES string of the molecule is CCCC[C@H](N)C(=O)NC1CCC(c2ccccc2)CC1. The zero-order chi connectivity index (χ0) is 15.1. The standard InChI is InChI=1S/C18H28N2O/c1-2-3-9-17(19)18(21)20-16-12-10-15(11-13-16)14-7-5-4-6-8-14/h4-8,15-17H,2-3,9-13,19H2,1H3,(H,20,21)/t15?,16?,17-/m0/s1. The Morgan fingerprint density at radius 3 is 2.52 bits per heavy atom. The fraction of sp³-hybridized carbons (Fsp3) is 0.611. The fourth-order valence-corrected chi connectivity index (χ4v) is 3.16. The third-order valence-electron chi connectivity index (χ3n) is 4.55. The molecule has 0 heterocycles. The molecule has 1 aliphatic carbocycles. The summed E-state index contributed by atoms with van der Waals surface area (Å²) in [5.74, 6) is 0.680. The predicted octanol–water partition coefficient (Wildman–Crippen LogP) is 3.35. The maximum atomic E-state index is 12.0. The van der Waals surface area contributed by atoms with Crippen LogP contribution in [0.25, 0.3) is 0 Å². The van der Waals surface area contributed by atoms with Gasteiger partial charge in [-0.1, -0.05) is 50.1 Å². The van der Waals surface area contributed by atoms with Crippen LogP contribution in [0.3, 0.4) is 0 Å². The van der Waals surface area contributed by atoms with E-state index < -0.39 is 0 Å². The van der Waals surface area contributed by atoms with Crippen molar-refractivity contribution in [3.05, 3.63) is 35.9 Å². The number of unbranched alkanes of at least 4 members (excludes halogenated alkanes) is 1. The molecular weight excluding hydrogens is 260 g/mol. The van der Waals surface area contributed by atoms with E-state index in [2.05, 4.69) is 42.6 Å². The summed E-state index contributed by atoms with van der Waals surface area (Å²) in [6.07, 6.45) is 7.33. The van der Waals surface area contributed by atoms with Gasteiger partial charge in [0, 0.05) is 6.04 Å². The summed E-state index contributed by atoms with van der Waals surface area (Å²) in [6.45, 7) is 2.12. The van der Waals surface area contributed by atoms with Gasteiger partial charge in [-0.15, -0.1) is 0 Å². The van der Waals surface area contributed by atoms with Crippen LogP contribution in [-0.4, -0.2) is 18.0 Å². The van der Waals surface area contributed by atoms with E-state index in [1.165, 1.54) is 5.56 Å². The van der Waals surface area contributed by atoms with Crippen molar-refractivity contribution in [3.8, 4) is 0 Å². The zero-order valence-electron chi connectivity index (χ0n) is 13.1. The highest BCUT2D eigenvalue weighted by atomic mass is 16.2. The van der Waals surface area contributed by atoms with Crippen molar-refractivity contribution >= 4 is 5.91 Å². The van der Waals surface area contributed by atoms with Crippen LogP contribution in [0.4, 0.5) is 0 Å². The minimum Gasteiger partial charge on any atom is -0.352 e. The van der Waals surface area contributed by atoms with Gasteiger partial charge in [-0.25, -0.2) is 0 Å². The Morgan fingerprint density at radius 2 is 1.90 bits per heavy atom. The molecule has 116 valence electrons. The Balaban J connectivity index is 1.75. The van der Waals surface area contributed by atoms with Crippen molar-refractivity contribution in [2.75, 3.05) is 0 Å². The summed E-state index contributed by atoms with van der Waals surface area (Å²) in [6, 6.07) is 10.7. The van der Waals surface area contributed by atoms with Gasteiger partial charge in [-0.05, 0) is 43.6 Å². The highest BCUT2D eigenvalue weighted by Gasteiger charge is 2.24. The number of benzene rings is 1. The van der Waals surface area contributed by atoms with E-state index in [-0.39, 0.29) is 11.9 Å². The van der Waals surface area contributed by atoms with E-state index >= 15 is 0 Å². The molecule has 1 saturated carbocycles. The van der Waals surface area contributed by atoms with Crippen molar-refractivity contribution in [3.63, 3.8) is 0 Å². The molecule has 3 N–H and O–H groups in total. The lowest BCUT2D eigenvalue weighted by molar-refractivity contribution is -0.123. The highest BCUT2D eigenvalue weighted by Crippen LogP contribution is 2.32. The van der Waals surface area contributed by atoms with Crippen LogP contribution in [-0.2, 0) is 4.79 Å². The zero-order valence-corrected chi connectivity index (χ0v) is 13.1. The fourth-order valence-electron chi connectivity index (χ4n) is 3.16. The van der Waals surface area contributed by atoms with E-state index in [0.717, 1.165) is 44.9 Å². The summed E-state index contributed by atoms with van der Waals surface area (Å²) in [5.41, 5.74) is 7.36. The summed E-state index contributed by atoms with van der Waals surface area (Å²) >= 11 is 0. The molecule has 0 bridgehead atoms. The summed E-state index contributed by atoms with van der Waals surface area (Å²) < 4.78 is 0. The van der Waals surface area contributed by atoms with E-state index in [0.29, 0.717) is 12.0 Å². The van der Waals surface area contributed by atoms with E-state index in [4.69, 9.17) is 5.73 Å². The molecule has 3 nitrogen and oxygen atoms in total. The number of rotatable bonds is 6. The minimum absolute atomic E-state index is 0.0339. The van der Waals surface area contributed by atoms with Gasteiger partial charge in [0.2, 0.25) is 5.91 Å². The van der Waals surface area contributed by atoms with Crippen LogP contribution in [0, 0.1) is 0 Å². The average Bonchev–Trinajstić information content (AvgIpc) is 2.54. The van der Waals surface area contributed by atoms with Crippen molar-refractivity contribution in [1.29, 1.82) is 0 Å². The third-order valence-corrected chi connectivity index (χ3v) is 4.55. The smallest absolute Gasteiger partial charge is 0.237 e. The number of amides is 1. The second-order valence-corrected chi connectivity index (χ2v) is 6.22. The lowest BCUT2D eigenvalue weighted by Crippen LogP contribution is -2.46. The molecule has 0 saturated heterocycles. The number of carbonyl (C=O) groups is 1. The van der Waals surface area contributed by atoms with Crippen molar-refractivity contribution in [1.82, 2.24) is 5.32 Å². The summed E-state index contributed by atoms with van der Waals surface area (Å²) in [7, 11) is 0. The first-order valence-electron chi connectivity index (χ1n) is 8.31. The first-order valence-corrected chi connectivity index (χ1v) is 8.31. The molecule has 1 amide bonds. The van der Waals surface area contributed by atoms with E-state index in [1.807, 2.05) is 0 Å². The third kappa shape index (κ3) is 4.85. The normalized spacial score (nSPS) is 23.5. The molecule has 1 aliphatic rings. The summed E-state index contributed by atoms with van der Waals surface area (Å²) in [4.78, 5) is 12.0. The van der Waals surface area contributed by atoms with Gasteiger partial charge in [0.15, 0.2) is 0 Å². The largest absolute Gasteiger partial charge is 0.352 e. The molecule has 0 aliphatic heterocycles. The molecule has 0 radical (unpaired) electrons. The number of nitrogens with one attached hydrogen (secondary N) is 1. The monoisotopic (exact) mass is 288 g/mol. The van der Waals surface area contributed by atoms with Crippen LogP contribution in [0.15, 0.2) is 30.3 Å². The molecule has 2 rings (SSSR count). The predicted molar refractivity (Wildman–Crippen MR) is 87.1 cm³/mol. The summed E-state index contributed by atoms with van der Waals surface area (Å²) in [5, 5.41) is 3.14. The Labute approximate surface area is 128 Å². The van der Waals surface area contributed by atoms with Gasteiger partial charge in [0.25, 0.3) is 0 Å². The molecule has 1 aromatic carbocycles. The topological polar surface area (TPSA) is 55.1 Å². The molecule has 1 fully saturated rings. The van der Waals surface area contributed by atoms with E-state index in [9.17, 15) is 4.79 Å². The maximum Gasteiger partial charge on any atom is 0.237 e. The van der Waals surface area contributed by atoms with Crippen molar-refractivity contribution in [2.24, 2.45) is 5.73 Å². The van der Waals surface area contributed by atoms with Crippen molar-refractivity contribution in [2.45, 2.75) is 69.9 Å². The van der Waals surface area contributed by atoms with Gasteiger partial charge in [0.1, 0.15) is 0 Å². The number of nitrogens with two attached hydrogens (primary N) is 1. The Hall–Kier alpha value is -1.35. The van der Waals surface area contributed by atoms with Crippen molar-refractivity contribution < 1.29 is 4.79 Å². The Bertz CT molecular complexity index is 424. The highest BCUT2D eigenvalue weighted by molar-refractivity contribution is 5.81.